The first kappa shape index (κ1) is 10.5. The average Bonchev–Trinajstić information content (AvgIpc) is 2.88. The zero-order chi connectivity index (χ0) is 10.0. The molecule has 1 aliphatic heterocycles. The first-order valence-electron chi connectivity index (χ1n) is 4.37. The second-order valence-electron chi connectivity index (χ2n) is 3.54. The van der Waals surface area contributed by atoms with E-state index in [1.54, 1.807) is 0 Å². The number of rotatable bonds is 4. The van der Waals surface area contributed by atoms with Crippen LogP contribution < -0.4 is 0 Å². The van der Waals surface area contributed by atoms with E-state index >= 15 is 0 Å². The number of epoxide rings is 1. The highest BCUT2D eigenvalue weighted by molar-refractivity contribution is 9.10. The monoisotopic (exact) mass is 274 g/mol. The minimum Gasteiger partial charge on any atom is -0.367 e. The van der Waals surface area contributed by atoms with Gasteiger partial charge in [0.05, 0.1) is 13.2 Å². The van der Waals surface area contributed by atoms with Gasteiger partial charge in [-0.2, -0.15) is 0 Å². The molecule has 0 bridgehead atoms. The van der Waals surface area contributed by atoms with E-state index in [1.165, 1.54) is 12.0 Å². The third kappa shape index (κ3) is 2.98. The zero-order valence-electron chi connectivity index (χ0n) is 7.83. The molecule has 1 aromatic rings. The van der Waals surface area contributed by atoms with Gasteiger partial charge in [-0.25, -0.2) is 0 Å². The van der Waals surface area contributed by atoms with Crippen molar-refractivity contribution in [2.45, 2.75) is 17.4 Å². The van der Waals surface area contributed by atoms with Gasteiger partial charge >= 0.3 is 0 Å². The maximum Gasteiger partial charge on any atom is 0.113 e. The van der Waals surface area contributed by atoms with Crippen molar-refractivity contribution in [3.05, 3.63) is 28.7 Å². The summed E-state index contributed by atoms with van der Waals surface area (Å²) in [4.78, 5) is 1.11. The van der Waals surface area contributed by atoms with Crippen molar-refractivity contribution >= 4 is 28.0 Å². The highest BCUT2D eigenvalue weighted by Crippen LogP contribution is 2.29. The van der Waals surface area contributed by atoms with Crippen LogP contribution in [0.25, 0.3) is 0 Å². The molecule has 1 atom stereocenters. The molecule has 0 N–H and O–H groups in total. The van der Waals surface area contributed by atoms with Gasteiger partial charge in [-0.1, -0.05) is 15.9 Å². The lowest BCUT2D eigenvalue weighted by Crippen LogP contribution is -2.11. The van der Waals surface area contributed by atoms with Gasteiger partial charge in [0, 0.05) is 21.4 Å². The van der Waals surface area contributed by atoms with Crippen molar-refractivity contribution in [3.63, 3.8) is 0 Å². The summed E-state index contributed by atoms with van der Waals surface area (Å²) in [5.41, 5.74) is -0.0254. The molecule has 0 aromatic heterocycles. The SMILES string of the molecule is C[C@]1(COSc2ccc(Br)cc2)CO1. The molecule has 1 heterocycles. The van der Waals surface area contributed by atoms with Gasteiger partial charge in [-0.3, -0.25) is 0 Å². The molecular formula is C10H11BrO2S. The predicted octanol–water partition coefficient (Wildman–Crippen LogP) is 3.26. The van der Waals surface area contributed by atoms with Crippen LogP contribution in [0.15, 0.2) is 33.6 Å². The Bertz CT molecular complexity index is 308. The minimum atomic E-state index is -0.0254. The molecule has 1 aliphatic rings. The second kappa shape index (κ2) is 4.23. The Morgan fingerprint density at radius 3 is 2.71 bits per heavy atom. The normalized spacial score (nSPS) is 25.0. The fraction of sp³-hybridized carbons (Fsp3) is 0.400. The third-order valence-corrected chi connectivity index (χ3v) is 3.20. The minimum absolute atomic E-state index is 0.0254. The molecule has 0 saturated carbocycles. The molecule has 2 rings (SSSR count). The second-order valence-corrected chi connectivity index (χ2v) is 5.33. The van der Waals surface area contributed by atoms with Crippen LogP contribution >= 0.6 is 28.0 Å². The smallest absolute Gasteiger partial charge is 0.113 e. The summed E-state index contributed by atoms with van der Waals surface area (Å²) in [6, 6.07) is 8.04. The number of benzene rings is 1. The van der Waals surface area contributed by atoms with Crippen LogP contribution in [-0.4, -0.2) is 18.8 Å². The van der Waals surface area contributed by atoms with E-state index in [4.69, 9.17) is 8.92 Å². The number of hydrogen-bond acceptors (Lipinski definition) is 3. The quantitative estimate of drug-likeness (QED) is 0.622. The van der Waals surface area contributed by atoms with Crippen LogP contribution in [0.2, 0.25) is 0 Å². The largest absolute Gasteiger partial charge is 0.367 e. The summed E-state index contributed by atoms with van der Waals surface area (Å²) in [6.07, 6.45) is 0. The van der Waals surface area contributed by atoms with Crippen LogP contribution in [0.3, 0.4) is 0 Å². The summed E-state index contributed by atoms with van der Waals surface area (Å²) >= 11 is 4.78. The lowest BCUT2D eigenvalue weighted by atomic mass is 10.2. The molecule has 0 unspecified atom stereocenters. The predicted molar refractivity (Wildman–Crippen MR) is 60.3 cm³/mol. The van der Waals surface area contributed by atoms with Crippen LogP contribution in [0.4, 0.5) is 0 Å². The standard InChI is InChI=1S/C10H11BrO2S/c1-10(6-12-10)7-13-14-9-4-2-8(11)3-5-9/h2-5H,6-7H2,1H3/t10-/m1/s1. The number of halogens is 1. The molecule has 1 aromatic carbocycles. The Morgan fingerprint density at radius 1 is 1.50 bits per heavy atom. The Hall–Kier alpha value is -0.0300. The van der Waals surface area contributed by atoms with E-state index in [1.807, 2.05) is 24.3 Å². The third-order valence-electron chi connectivity index (χ3n) is 1.97. The van der Waals surface area contributed by atoms with Crippen molar-refractivity contribution in [2.24, 2.45) is 0 Å². The maximum atomic E-state index is 5.46. The van der Waals surface area contributed by atoms with Gasteiger partial charge in [0.1, 0.15) is 5.60 Å². The van der Waals surface area contributed by atoms with E-state index in [0.717, 1.165) is 16.0 Å². The lowest BCUT2D eigenvalue weighted by Gasteiger charge is -2.05. The summed E-state index contributed by atoms with van der Waals surface area (Å²) in [5.74, 6) is 0. The Balaban J connectivity index is 1.77. The van der Waals surface area contributed by atoms with Crippen LogP contribution in [0.1, 0.15) is 6.92 Å². The average molecular weight is 275 g/mol. The fourth-order valence-corrected chi connectivity index (χ4v) is 1.87. The first-order valence-corrected chi connectivity index (χ1v) is 5.90. The lowest BCUT2D eigenvalue weighted by molar-refractivity contribution is 0.225. The van der Waals surface area contributed by atoms with E-state index in [2.05, 4.69) is 22.9 Å². The highest BCUT2D eigenvalue weighted by Gasteiger charge is 2.39. The maximum absolute atomic E-state index is 5.46. The van der Waals surface area contributed by atoms with Gasteiger partial charge in [-0.15, -0.1) is 0 Å². The Labute approximate surface area is 96.3 Å². The molecule has 2 nitrogen and oxygen atoms in total. The molecule has 0 radical (unpaired) electrons. The van der Waals surface area contributed by atoms with Crippen molar-refractivity contribution in [1.82, 2.24) is 0 Å². The van der Waals surface area contributed by atoms with E-state index in [0.29, 0.717) is 6.61 Å². The fourth-order valence-electron chi connectivity index (χ4n) is 0.919. The van der Waals surface area contributed by atoms with E-state index in [9.17, 15) is 0 Å². The van der Waals surface area contributed by atoms with Gasteiger partial charge in [0.15, 0.2) is 0 Å². The zero-order valence-corrected chi connectivity index (χ0v) is 10.2. The van der Waals surface area contributed by atoms with Crippen molar-refractivity contribution in [3.8, 4) is 0 Å². The molecule has 1 saturated heterocycles. The van der Waals surface area contributed by atoms with Gasteiger partial charge in [0.25, 0.3) is 0 Å². The molecular weight excluding hydrogens is 264 g/mol. The highest BCUT2D eigenvalue weighted by atomic mass is 79.9. The molecule has 0 aliphatic carbocycles. The Kier molecular flexibility index (Phi) is 3.17. The molecule has 0 amide bonds. The summed E-state index contributed by atoms with van der Waals surface area (Å²) in [7, 11) is 0. The molecule has 14 heavy (non-hydrogen) atoms. The topological polar surface area (TPSA) is 21.8 Å². The Morgan fingerprint density at radius 2 is 2.14 bits per heavy atom. The molecule has 76 valence electrons. The molecule has 0 spiro atoms. The van der Waals surface area contributed by atoms with Crippen LogP contribution in [0, 0.1) is 0 Å². The van der Waals surface area contributed by atoms with Gasteiger partial charge in [-0.05, 0) is 31.2 Å². The van der Waals surface area contributed by atoms with Crippen LogP contribution in [0.5, 0.6) is 0 Å². The summed E-state index contributed by atoms with van der Waals surface area (Å²) < 4.78 is 11.8. The van der Waals surface area contributed by atoms with E-state index in [-0.39, 0.29) is 5.60 Å². The molecule has 1 fully saturated rings. The van der Waals surface area contributed by atoms with Crippen molar-refractivity contribution in [1.29, 1.82) is 0 Å². The first-order chi connectivity index (χ1) is 6.68. The number of ether oxygens (including phenoxy) is 1. The van der Waals surface area contributed by atoms with Gasteiger partial charge in [0.2, 0.25) is 0 Å². The van der Waals surface area contributed by atoms with Gasteiger partial charge < -0.3 is 8.92 Å². The summed E-state index contributed by atoms with van der Waals surface area (Å²) in [6.45, 7) is 3.51. The van der Waals surface area contributed by atoms with Crippen molar-refractivity contribution in [2.75, 3.05) is 13.2 Å². The number of hydrogen-bond donors (Lipinski definition) is 0. The summed E-state index contributed by atoms with van der Waals surface area (Å²) in [5, 5.41) is 0. The van der Waals surface area contributed by atoms with Crippen molar-refractivity contribution < 1.29 is 8.92 Å². The van der Waals surface area contributed by atoms with E-state index < -0.39 is 0 Å². The molecule has 4 heteroatoms. The van der Waals surface area contributed by atoms with Crippen LogP contribution in [-0.2, 0) is 8.92 Å².